The van der Waals surface area contributed by atoms with Crippen LogP contribution in [-0.4, -0.2) is 17.4 Å². The number of hydrogen-bond donors (Lipinski definition) is 1. The standard InChI is InChI=1S/C21H20FN3O/c1-3-25(18-6-4-5-15(2)13-18)19-11-12-20(23-14-19)24-21(26)16-7-9-17(22)10-8-16/h4-14H,3H2,1-2H3,(H,23,24,26). The van der Waals surface area contributed by atoms with Crippen LogP contribution in [0.3, 0.4) is 0 Å². The van der Waals surface area contributed by atoms with E-state index in [0.29, 0.717) is 11.4 Å². The average molecular weight is 349 g/mol. The van der Waals surface area contributed by atoms with Crippen molar-refractivity contribution in [3.8, 4) is 0 Å². The molecule has 1 amide bonds. The topological polar surface area (TPSA) is 45.2 Å². The second-order valence-electron chi connectivity index (χ2n) is 5.95. The van der Waals surface area contributed by atoms with Gasteiger partial charge in [0.15, 0.2) is 0 Å². The van der Waals surface area contributed by atoms with Gasteiger partial charge in [-0.1, -0.05) is 12.1 Å². The minimum absolute atomic E-state index is 0.323. The van der Waals surface area contributed by atoms with Crippen molar-refractivity contribution in [2.45, 2.75) is 13.8 Å². The first kappa shape index (κ1) is 17.6. The van der Waals surface area contributed by atoms with E-state index in [1.165, 1.54) is 29.8 Å². The summed E-state index contributed by atoms with van der Waals surface area (Å²) in [5.74, 6) is -0.250. The molecular weight excluding hydrogens is 329 g/mol. The van der Waals surface area contributed by atoms with E-state index in [1.54, 1.807) is 12.3 Å². The predicted octanol–water partition coefficient (Wildman–Crippen LogP) is 4.94. The fourth-order valence-electron chi connectivity index (χ4n) is 2.72. The summed E-state index contributed by atoms with van der Waals surface area (Å²) in [6.07, 6.45) is 1.73. The molecule has 0 radical (unpaired) electrons. The number of halogens is 1. The van der Waals surface area contributed by atoms with Gasteiger partial charge < -0.3 is 10.2 Å². The van der Waals surface area contributed by atoms with Gasteiger partial charge in [-0.15, -0.1) is 0 Å². The number of aryl methyl sites for hydroxylation is 1. The van der Waals surface area contributed by atoms with E-state index in [9.17, 15) is 9.18 Å². The number of carbonyl (C=O) groups excluding carboxylic acids is 1. The van der Waals surface area contributed by atoms with Crippen molar-refractivity contribution >= 4 is 23.1 Å². The highest BCUT2D eigenvalue weighted by Gasteiger charge is 2.10. The zero-order valence-corrected chi connectivity index (χ0v) is 14.7. The number of amides is 1. The Labute approximate surface area is 152 Å². The van der Waals surface area contributed by atoms with E-state index in [1.807, 2.05) is 12.1 Å². The second-order valence-corrected chi connectivity index (χ2v) is 5.95. The van der Waals surface area contributed by atoms with Gasteiger partial charge >= 0.3 is 0 Å². The van der Waals surface area contributed by atoms with Crippen LogP contribution in [0.5, 0.6) is 0 Å². The van der Waals surface area contributed by atoms with Crippen LogP contribution in [0.1, 0.15) is 22.8 Å². The van der Waals surface area contributed by atoms with Crippen molar-refractivity contribution in [2.75, 3.05) is 16.8 Å². The molecule has 2 aromatic carbocycles. The number of anilines is 3. The molecule has 1 aromatic heterocycles. The Morgan fingerprint density at radius 3 is 2.46 bits per heavy atom. The van der Waals surface area contributed by atoms with E-state index in [-0.39, 0.29) is 11.7 Å². The molecular formula is C21H20FN3O. The molecule has 0 bridgehead atoms. The molecule has 0 aliphatic heterocycles. The van der Waals surface area contributed by atoms with Crippen LogP contribution < -0.4 is 10.2 Å². The molecule has 5 heteroatoms. The maximum absolute atomic E-state index is 12.9. The normalized spacial score (nSPS) is 10.4. The summed E-state index contributed by atoms with van der Waals surface area (Å²) >= 11 is 0. The molecule has 1 N–H and O–H groups in total. The first-order valence-corrected chi connectivity index (χ1v) is 8.44. The summed E-state index contributed by atoms with van der Waals surface area (Å²) in [6.45, 7) is 4.93. The van der Waals surface area contributed by atoms with Crippen molar-refractivity contribution < 1.29 is 9.18 Å². The van der Waals surface area contributed by atoms with Gasteiger partial charge in [0.2, 0.25) is 0 Å². The smallest absolute Gasteiger partial charge is 0.256 e. The second kappa shape index (κ2) is 7.78. The molecule has 132 valence electrons. The molecule has 0 aliphatic carbocycles. The Balaban J connectivity index is 1.75. The number of nitrogens with one attached hydrogen (secondary N) is 1. The third-order valence-corrected chi connectivity index (χ3v) is 4.04. The zero-order valence-electron chi connectivity index (χ0n) is 14.7. The lowest BCUT2D eigenvalue weighted by atomic mass is 10.2. The SMILES string of the molecule is CCN(c1ccc(NC(=O)c2ccc(F)cc2)nc1)c1cccc(C)c1. The molecule has 3 aromatic rings. The summed E-state index contributed by atoms with van der Waals surface area (Å²) < 4.78 is 12.9. The molecule has 0 atom stereocenters. The number of hydrogen-bond acceptors (Lipinski definition) is 3. The lowest BCUT2D eigenvalue weighted by molar-refractivity contribution is 0.102. The van der Waals surface area contributed by atoms with E-state index < -0.39 is 0 Å². The Hall–Kier alpha value is -3.21. The quantitative estimate of drug-likeness (QED) is 0.710. The van der Waals surface area contributed by atoms with E-state index in [4.69, 9.17) is 0 Å². The number of nitrogens with zero attached hydrogens (tertiary/aromatic N) is 2. The third kappa shape index (κ3) is 4.06. The molecule has 26 heavy (non-hydrogen) atoms. The molecule has 0 unspecified atom stereocenters. The molecule has 0 spiro atoms. The van der Waals surface area contributed by atoms with Gasteiger partial charge in [-0.3, -0.25) is 4.79 Å². The summed E-state index contributed by atoms with van der Waals surface area (Å²) in [6, 6.07) is 17.3. The zero-order chi connectivity index (χ0) is 18.5. The molecule has 4 nitrogen and oxygen atoms in total. The maximum Gasteiger partial charge on any atom is 0.256 e. The monoisotopic (exact) mass is 349 g/mol. The minimum Gasteiger partial charge on any atom is -0.341 e. The molecule has 0 aliphatic rings. The number of rotatable bonds is 5. The van der Waals surface area contributed by atoms with Gasteiger partial charge in [-0.05, 0) is 67.9 Å². The van der Waals surface area contributed by atoms with Gasteiger partial charge in [0.25, 0.3) is 5.91 Å². The Morgan fingerprint density at radius 1 is 1.08 bits per heavy atom. The lowest BCUT2D eigenvalue weighted by Crippen LogP contribution is -2.17. The van der Waals surface area contributed by atoms with Gasteiger partial charge in [0.05, 0.1) is 11.9 Å². The van der Waals surface area contributed by atoms with Crippen LogP contribution in [0, 0.1) is 12.7 Å². The Kier molecular flexibility index (Phi) is 5.27. The number of carbonyl (C=O) groups is 1. The fraction of sp³-hybridized carbons (Fsp3) is 0.143. The molecule has 1 heterocycles. The van der Waals surface area contributed by atoms with Crippen molar-refractivity contribution in [2.24, 2.45) is 0 Å². The maximum atomic E-state index is 12.9. The number of pyridine rings is 1. The van der Waals surface area contributed by atoms with Crippen molar-refractivity contribution in [1.29, 1.82) is 0 Å². The van der Waals surface area contributed by atoms with Crippen molar-refractivity contribution in [3.05, 3.63) is 83.8 Å². The third-order valence-electron chi connectivity index (χ3n) is 4.04. The van der Waals surface area contributed by atoms with Crippen LogP contribution in [0.2, 0.25) is 0 Å². The lowest BCUT2D eigenvalue weighted by Gasteiger charge is -2.23. The van der Waals surface area contributed by atoms with Gasteiger partial charge in [0, 0.05) is 17.8 Å². The number of benzene rings is 2. The van der Waals surface area contributed by atoms with Crippen LogP contribution in [0.15, 0.2) is 66.9 Å². The van der Waals surface area contributed by atoms with Crippen LogP contribution in [0.25, 0.3) is 0 Å². The van der Waals surface area contributed by atoms with E-state index in [2.05, 4.69) is 47.2 Å². The molecule has 3 rings (SSSR count). The molecule has 0 saturated heterocycles. The molecule has 0 saturated carbocycles. The Morgan fingerprint density at radius 2 is 1.85 bits per heavy atom. The predicted molar refractivity (Wildman–Crippen MR) is 102 cm³/mol. The molecule has 0 fully saturated rings. The Bertz CT molecular complexity index is 892. The van der Waals surface area contributed by atoms with Crippen molar-refractivity contribution in [3.63, 3.8) is 0 Å². The van der Waals surface area contributed by atoms with Gasteiger partial charge in [0.1, 0.15) is 11.6 Å². The summed E-state index contributed by atoms with van der Waals surface area (Å²) in [5.41, 5.74) is 3.61. The fourth-order valence-corrected chi connectivity index (χ4v) is 2.72. The minimum atomic E-state index is -0.375. The largest absolute Gasteiger partial charge is 0.341 e. The highest BCUT2D eigenvalue weighted by Crippen LogP contribution is 2.26. The highest BCUT2D eigenvalue weighted by atomic mass is 19.1. The van der Waals surface area contributed by atoms with Gasteiger partial charge in [-0.25, -0.2) is 9.37 Å². The van der Waals surface area contributed by atoms with Crippen LogP contribution in [-0.2, 0) is 0 Å². The first-order chi connectivity index (χ1) is 12.6. The highest BCUT2D eigenvalue weighted by molar-refractivity contribution is 6.03. The van der Waals surface area contributed by atoms with Crippen LogP contribution >= 0.6 is 0 Å². The summed E-state index contributed by atoms with van der Waals surface area (Å²) in [7, 11) is 0. The van der Waals surface area contributed by atoms with E-state index in [0.717, 1.165) is 17.9 Å². The average Bonchev–Trinajstić information content (AvgIpc) is 2.64. The van der Waals surface area contributed by atoms with Crippen molar-refractivity contribution in [1.82, 2.24) is 4.98 Å². The number of aromatic nitrogens is 1. The van der Waals surface area contributed by atoms with Crippen LogP contribution in [0.4, 0.5) is 21.6 Å². The van der Waals surface area contributed by atoms with Gasteiger partial charge in [-0.2, -0.15) is 0 Å². The summed E-state index contributed by atoms with van der Waals surface area (Å²) in [5, 5.41) is 2.72. The van der Waals surface area contributed by atoms with E-state index >= 15 is 0 Å². The summed E-state index contributed by atoms with van der Waals surface area (Å²) in [4.78, 5) is 18.7. The first-order valence-electron chi connectivity index (χ1n) is 8.44.